The molecule has 0 bridgehead atoms. The van der Waals surface area contributed by atoms with Crippen LogP contribution in [0.2, 0.25) is 0 Å². The van der Waals surface area contributed by atoms with Gasteiger partial charge in [0.05, 0.1) is 0 Å². The van der Waals surface area contributed by atoms with E-state index < -0.39 is 5.54 Å². The van der Waals surface area contributed by atoms with Crippen molar-refractivity contribution in [3.05, 3.63) is 70.4 Å². The lowest BCUT2D eigenvalue weighted by atomic mass is 9.86. The predicted molar refractivity (Wildman–Crippen MR) is 88.2 cm³/mol. The number of benzene rings is 2. The summed E-state index contributed by atoms with van der Waals surface area (Å²) >= 11 is 1.73. The molecule has 3 heteroatoms. The lowest BCUT2D eigenvalue weighted by molar-refractivity contribution is 0.488. The summed E-state index contributed by atoms with van der Waals surface area (Å²) in [6, 6.07) is 13.6. The quantitative estimate of drug-likeness (QED) is 0.741. The van der Waals surface area contributed by atoms with E-state index in [1.54, 1.807) is 30.4 Å². The van der Waals surface area contributed by atoms with Gasteiger partial charge >= 0.3 is 0 Å². The number of hydrogen-bond acceptors (Lipinski definition) is 2. The monoisotopic (exact) mass is 299 g/mol. The summed E-state index contributed by atoms with van der Waals surface area (Å²) in [5.74, 6) is -0.195. The molecule has 0 saturated carbocycles. The number of thiophene rings is 1. The van der Waals surface area contributed by atoms with E-state index in [1.165, 1.54) is 15.6 Å². The van der Waals surface area contributed by atoms with Gasteiger partial charge in [0.15, 0.2) is 0 Å². The van der Waals surface area contributed by atoms with Crippen LogP contribution in [0.5, 0.6) is 0 Å². The van der Waals surface area contributed by atoms with Crippen LogP contribution in [-0.2, 0) is 12.0 Å². The Morgan fingerprint density at radius 3 is 2.71 bits per heavy atom. The van der Waals surface area contributed by atoms with E-state index in [0.717, 1.165) is 5.56 Å². The first kappa shape index (κ1) is 14.2. The van der Waals surface area contributed by atoms with Crippen molar-refractivity contribution in [1.29, 1.82) is 0 Å². The zero-order valence-electron chi connectivity index (χ0n) is 12.2. The second kappa shape index (κ2) is 5.24. The summed E-state index contributed by atoms with van der Waals surface area (Å²) in [6.45, 7) is 3.73. The Kier molecular flexibility index (Phi) is 3.56. The molecule has 3 aromatic rings. The molecule has 0 radical (unpaired) electrons. The van der Waals surface area contributed by atoms with Gasteiger partial charge in [-0.15, -0.1) is 11.3 Å². The standard InChI is InChI=1S/C18H18FNS/c1-12-7-8-14(9-16(12)19)18(2,20)10-13-11-21-17-6-4-3-5-15(13)17/h3-9,11H,10,20H2,1-2H3. The summed E-state index contributed by atoms with van der Waals surface area (Å²) in [5.41, 5.74) is 8.60. The van der Waals surface area contributed by atoms with E-state index in [0.29, 0.717) is 12.0 Å². The van der Waals surface area contributed by atoms with E-state index in [2.05, 4.69) is 17.5 Å². The van der Waals surface area contributed by atoms with Crippen molar-refractivity contribution in [2.24, 2.45) is 5.73 Å². The maximum absolute atomic E-state index is 13.8. The van der Waals surface area contributed by atoms with Crippen molar-refractivity contribution in [2.75, 3.05) is 0 Å². The number of aryl methyl sites for hydroxylation is 1. The third-order valence-corrected chi connectivity index (χ3v) is 4.96. The molecule has 0 aliphatic rings. The van der Waals surface area contributed by atoms with Crippen LogP contribution in [-0.4, -0.2) is 0 Å². The fourth-order valence-corrected chi connectivity index (χ4v) is 3.58. The van der Waals surface area contributed by atoms with Gasteiger partial charge in [-0.3, -0.25) is 0 Å². The smallest absolute Gasteiger partial charge is 0.126 e. The normalized spacial score (nSPS) is 14.3. The molecule has 21 heavy (non-hydrogen) atoms. The van der Waals surface area contributed by atoms with Crippen LogP contribution in [0.1, 0.15) is 23.6 Å². The number of halogens is 1. The SMILES string of the molecule is Cc1ccc(C(C)(N)Cc2csc3ccccc23)cc1F. The van der Waals surface area contributed by atoms with Gasteiger partial charge in [0.1, 0.15) is 5.82 Å². The molecule has 1 heterocycles. The maximum Gasteiger partial charge on any atom is 0.126 e. The van der Waals surface area contributed by atoms with E-state index in [9.17, 15) is 4.39 Å². The topological polar surface area (TPSA) is 26.0 Å². The molecule has 1 unspecified atom stereocenters. The van der Waals surface area contributed by atoms with Crippen molar-refractivity contribution in [1.82, 2.24) is 0 Å². The minimum atomic E-state index is -0.585. The molecule has 2 aromatic carbocycles. The van der Waals surface area contributed by atoms with E-state index in [1.807, 2.05) is 25.1 Å². The Morgan fingerprint density at radius 2 is 1.95 bits per heavy atom. The molecule has 0 spiro atoms. The fourth-order valence-electron chi connectivity index (χ4n) is 2.62. The van der Waals surface area contributed by atoms with Gasteiger partial charge in [0, 0.05) is 10.2 Å². The molecule has 108 valence electrons. The van der Waals surface area contributed by atoms with Gasteiger partial charge in [0.25, 0.3) is 0 Å². The first-order chi connectivity index (χ1) is 9.97. The first-order valence-corrected chi connectivity index (χ1v) is 7.86. The predicted octanol–water partition coefficient (Wildman–Crippen LogP) is 4.77. The molecule has 0 aliphatic carbocycles. The third-order valence-electron chi connectivity index (χ3n) is 3.95. The van der Waals surface area contributed by atoms with Crippen LogP contribution in [0.4, 0.5) is 4.39 Å². The molecule has 1 aromatic heterocycles. The molecular formula is C18H18FNS. The largest absolute Gasteiger partial charge is 0.321 e. The van der Waals surface area contributed by atoms with E-state index in [-0.39, 0.29) is 5.82 Å². The van der Waals surface area contributed by atoms with Crippen LogP contribution >= 0.6 is 11.3 Å². The number of nitrogens with two attached hydrogens (primary N) is 1. The molecule has 3 rings (SSSR count). The van der Waals surface area contributed by atoms with Gasteiger partial charge in [-0.1, -0.05) is 30.3 Å². The highest BCUT2D eigenvalue weighted by Gasteiger charge is 2.24. The van der Waals surface area contributed by atoms with E-state index in [4.69, 9.17) is 5.73 Å². The van der Waals surface area contributed by atoms with Crippen molar-refractivity contribution in [3.63, 3.8) is 0 Å². The van der Waals surface area contributed by atoms with Crippen LogP contribution in [0.3, 0.4) is 0 Å². The van der Waals surface area contributed by atoms with Gasteiger partial charge in [-0.05, 0) is 59.9 Å². The minimum absolute atomic E-state index is 0.195. The molecule has 1 atom stereocenters. The third kappa shape index (κ3) is 2.71. The molecule has 0 saturated heterocycles. The van der Waals surface area contributed by atoms with Crippen LogP contribution in [0, 0.1) is 12.7 Å². The maximum atomic E-state index is 13.8. The average molecular weight is 299 g/mol. The molecule has 2 N–H and O–H groups in total. The Hall–Kier alpha value is -1.71. The Labute approximate surface area is 128 Å². The minimum Gasteiger partial charge on any atom is -0.321 e. The number of hydrogen-bond donors (Lipinski definition) is 1. The van der Waals surface area contributed by atoms with Crippen LogP contribution in [0.15, 0.2) is 47.8 Å². The summed E-state index contributed by atoms with van der Waals surface area (Å²) in [4.78, 5) is 0. The summed E-state index contributed by atoms with van der Waals surface area (Å²) < 4.78 is 15.1. The molecule has 1 nitrogen and oxygen atoms in total. The molecule has 0 amide bonds. The van der Waals surface area contributed by atoms with Gasteiger partial charge in [0.2, 0.25) is 0 Å². The first-order valence-electron chi connectivity index (χ1n) is 6.98. The second-order valence-electron chi connectivity index (χ2n) is 5.82. The molecule has 0 aliphatic heterocycles. The number of rotatable bonds is 3. The summed E-state index contributed by atoms with van der Waals surface area (Å²) in [6.07, 6.45) is 0.694. The van der Waals surface area contributed by atoms with Gasteiger partial charge < -0.3 is 5.73 Å². The molecule has 0 fully saturated rings. The Morgan fingerprint density at radius 1 is 1.19 bits per heavy atom. The van der Waals surface area contributed by atoms with Crippen LogP contribution in [0.25, 0.3) is 10.1 Å². The zero-order chi connectivity index (χ0) is 15.0. The van der Waals surface area contributed by atoms with Gasteiger partial charge in [-0.25, -0.2) is 4.39 Å². The average Bonchev–Trinajstić information content (AvgIpc) is 2.85. The highest BCUT2D eigenvalue weighted by Crippen LogP contribution is 2.31. The Bertz CT molecular complexity index is 789. The van der Waals surface area contributed by atoms with Crippen molar-refractivity contribution in [3.8, 4) is 0 Å². The second-order valence-corrected chi connectivity index (χ2v) is 6.73. The molecular weight excluding hydrogens is 281 g/mol. The lowest BCUT2D eigenvalue weighted by Gasteiger charge is -2.25. The van der Waals surface area contributed by atoms with Crippen molar-refractivity contribution >= 4 is 21.4 Å². The van der Waals surface area contributed by atoms with Gasteiger partial charge in [-0.2, -0.15) is 0 Å². The Balaban J connectivity index is 1.97. The zero-order valence-corrected chi connectivity index (χ0v) is 13.0. The lowest BCUT2D eigenvalue weighted by Crippen LogP contribution is -2.35. The van der Waals surface area contributed by atoms with Crippen LogP contribution < -0.4 is 5.73 Å². The number of fused-ring (bicyclic) bond motifs is 1. The van der Waals surface area contributed by atoms with Crippen molar-refractivity contribution < 1.29 is 4.39 Å². The summed E-state index contributed by atoms with van der Waals surface area (Å²) in [7, 11) is 0. The highest BCUT2D eigenvalue weighted by atomic mass is 32.1. The highest BCUT2D eigenvalue weighted by molar-refractivity contribution is 7.17. The van der Waals surface area contributed by atoms with E-state index >= 15 is 0 Å². The summed E-state index contributed by atoms with van der Waals surface area (Å²) in [5, 5.41) is 3.40. The van der Waals surface area contributed by atoms with Crippen molar-refractivity contribution in [2.45, 2.75) is 25.8 Å². The fraction of sp³-hybridized carbons (Fsp3) is 0.222.